The number of methoxy groups -OCH3 is 1. The van der Waals surface area contributed by atoms with E-state index in [1.54, 1.807) is 35.2 Å². The Kier molecular flexibility index (Phi) is 6.28. The van der Waals surface area contributed by atoms with Crippen molar-refractivity contribution in [3.05, 3.63) is 65.7 Å². The molecule has 3 aliphatic heterocycles. The topological polar surface area (TPSA) is 119 Å². The lowest BCUT2D eigenvalue weighted by molar-refractivity contribution is -0.136. The lowest BCUT2D eigenvalue weighted by Crippen LogP contribution is -2.52. The Morgan fingerprint density at radius 2 is 1.97 bits per heavy atom. The molecule has 196 valence electrons. The fourth-order valence-electron chi connectivity index (χ4n) is 5.34. The molecule has 1 unspecified atom stereocenters. The Hall–Kier alpha value is -4.25. The smallest absolute Gasteiger partial charge is 0.255 e. The van der Waals surface area contributed by atoms with Gasteiger partial charge in [0.05, 0.1) is 31.4 Å². The third-order valence-corrected chi connectivity index (χ3v) is 7.27. The average Bonchev–Trinajstić information content (AvgIpc) is 3.64. The van der Waals surface area contributed by atoms with Crippen molar-refractivity contribution in [2.45, 2.75) is 44.5 Å². The van der Waals surface area contributed by atoms with Crippen LogP contribution in [-0.4, -0.2) is 74.6 Å². The summed E-state index contributed by atoms with van der Waals surface area (Å²) in [5, 5.41) is 6.80. The van der Waals surface area contributed by atoms with Crippen LogP contribution in [0.5, 0.6) is 11.5 Å². The monoisotopic (exact) mass is 516 g/mol. The van der Waals surface area contributed by atoms with Crippen LogP contribution < -0.4 is 14.8 Å². The fourth-order valence-corrected chi connectivity index (χ4v) is 5.34. The van der Waals surface area contributed by atoms with Gasteiger partial charge in [0.25, 0.3) is 5.91 Å². The van der Waals surface area contributed by atoms with E-state index in [-0.39, 0.29) is 24.3 Å². The van der Waals surface area contributed by atoms with Gasteiger partial charge in [-0.1, -0.05) is 0 Å². The van der Waals surface area contributed by atoms with Gasteiger partial charge >= 0.3 is 0 Å². The van der Waals surface area contributed by atoms with Gasteiger partial charge in [0, 0.05) is 56.0 Å². The van der Waals surface area contributed by atoms with Gasteiger partial charge in [0.2, 0.25) is 11.8 Å². The normalized spacial score (nSPS) is 21.5. The second-order valence-corrected chi connectivity index (χ2v) is 9.86. The predicted octanol–water partition coefficient (Wildman–Crippen LogP) is 1.69. The number of carbonyl (C=O) groups excluding carboxylic acids is 3. The summed E-state index contributed by atoms with van der Waals surface area (Å²) in [4.78, 5) is 44.8. The van der Waals surface area contributed by atoms with Crippen LogP contribution in [-0.2, 0) is 22.7 Å². The molecule has 2 fully saturated rings. The fraction of sp³-hybridized carbons (Fsp3) is 0.370. The summed E-state index contributed by atoms with van der Waals surface area (Å²) in [6.07, 6.45) is 8.78. The van der Waals surface area contributed by atoms with E-state index in [0.29, 0.717) is 30.0 Å². The van der Waals surface area contributed by atoms with Crippen molar-refractivity contribution in [3.8, 4) is 17.2 Å². The predicted molar refractivity (Wildman–Crippen MR) is 135 cm³/mol. The summed E-state index contributed by atoms with van der Waals surface area (Å²) in [7, 11) is 1.61. The molecule has 1 aromatic carbocycles. The van der Waals surface area contributed by atoms with Crippen molar-refractivity contribution < 1.29 is 23.9 Å². The first kappa shape index (κ1) is 24.1. The number of nitrogens with zero attached hydrogens (tertiary/aromatic N) is 5. The molecule has 5 heterocycles. The third-order valence-electron chi connectivity index (χ3n) is 7.27. The van der Waals surface area contributed by atoms with Gasteiger partial charge < -0.3 is 14.4 Å². The molecule has 11 nitrogen and oxygen atoms in total. The number of nitrogens with one attached hydrogen (secondary N) is 1. The number of pyridine rings is 1. The van der Waals surface area contributed by atoms with E-state index < -0.39 is 11.9 Å². The highest BCUT2D eigenvalue weighted by Gasteiger charge is 2.39. The number of rotatable bonds is 7. The van der Waals surface area contributed by atoms with Crippen LogP contribution in [0.3, 0.4) is 0 Å². The molecule has 0 spiro atoms. The molecule has 0 saturated carbocycles. The highest BCUT2D eigenvalue weighted by Crippen LogP contribution is 2.31. The second kappa shape index (κ2) is 9.90. The Morgan fingerprint density at radius 1 is 1.08 bits per heavy atom. The molecular formula is C27H28N6O5. The highest BCUT2D eigenvalue weighted by atomic mass is 16.5. The molecule has 3 aromatic rings. The molecule has 0 bridgehead atoms. The van der Waals surface area contributed by atoms with Crippen molar-refractivity contribution in [1.29, 1.82) is 0 Å². The summed E-state index contributed by atoms with van der Waals surface area (Å²) in [6.45, 7) is 2.78. The van der Waals surface area contributed by atoms with E-state index in [9.17, 15) is 14.4 Å². The summed E-state index contributed by atoms with van der Waals surface area (Å²) in [5.41, 5.74) is 3.35. The first-order chi connectivity index (χ1) is 18.5. The number of ether oxygens (including phenoxy) is 2. The number of hydrogen-bond donors (Lipinski definition) is 1. The lowest BCUT2D eigenvalue weighted by atomic mass is 10.0. The van der Waals surface area contributed by atoms with Crippen LogP contribution in [0.25, 0.3) is 5.69 Å². The van der Waals surface area contributed by atoms with Gasteiger partial charge in [0.1, 0.15) is 23.6 Å². The van der Waals surface area contributed by atoms with Gasteiger partial charge in [0.15, 0.2) is 0 Å². The molecule has 2 atom stereocenters. The highest BCUT2D eigenvalue weighted by molar-refractivity contribution is 6.05. The first-order valence-corrected chi connectivity index (χ1v) is 12.7. The lowest BCUT2D eigenvalue weighted by Gasteiger charge is -2.29. The molecule has 2 saturated heterocycles. The van der Waals surface area contributed by atoms with Gasteiger partial charge in [-0.15, -0.1) is 0 Å². The molecule has 3 amide bonds. The Morgan fingerprint density at radius 3 is 2.82 bits per heavy atom. The number of fused-ring (bicyclic) bond motifs is 1. The zero-order chi connectivity index (χ0) is 26.2. The molecule has 0 aliphatic carbocycles. The van der Waals surface area contributed by atoms with E-state index in [0.717, 1.165) is 42.9 Å². The summed E-state index contributed by atoms with van der Waals surface area (Å²) in [5.74, 6) is 0.513. The van der Waals surface area contributed by atoms with Crippen molar-refractivity contribution in [2.75, 3.05) is 20.2 Å². The molecule has 6 rings (SSSR count). The molecule has 0 radical (unpaired) electrons. The van der Waals surface area contributed by atoms with Gasteiger partial charge in [-0.25, -0.2) is 4.68 Å². The molecule has 1 N–H and O–H groups in total. The van der Waals surface area contributed by atoms with Crippen LogP contribution in [0.2, 0.25) is 0 Å². The number of imide groups is 1. The summed E-state index contributed by atoms with van der Waals surface area (Å²) >= 11 is 0. The van der Waals surface area contributed by atoms with Crippen molar-refractivity contribution in [1.82, 2.24) is 29.9 Å². The van der Waals surface area contributed by atoms with Crippen LogP contribution >= 0.6 is 0 Å². The second-order valence-electron chi connectivity index (χ2n) is 9.86. The first-order valence-electron chi connectivity index (χ1n) is 12.7. The summed E-state index contributed by atoms with van der Waals surface area (Å²) in [6, 6.07) is 6.75. The van der Waals surface area contributed by atoms with Gasteiger partial charge in [-0.2, -0.15) is 5.10 Å². The van der Waals surface area contributed by atoms with E-state index in [1.807, 2.05) is 30.6 Å². The standard InChI is InChI=1S/C27H28N6O5/c1-37-22-9-19(11-28-12-22)33-14-17(10-29-33)13-31-7-6-21(16-31)38-20-2-3-23-18(8-20)15-32(27(23)36)24-4-5-25(34)30-26(24)35/h2-3,8-12,14,21,24H,4-7,13,15-16H2,1H3,(H,30,34,35)/t21-,24?/m0/s1. The van der Waals surface area contributed by atoms with E-state index >= 15 is 0 Å². The van der Waals surface area contributed by atoms with Crippen molar-refractivity contribution >= 4 is 17.7 Å². The maximum Gasteiger partial charge on any atom is 0.255 e. The van der Waals surface area contributed by atoms with Gasteiger partial charge in [-0.05, 0) is 36.6 Å². The van der Waals surface area contributed by atoms with Gasteiger partial charge in [-0.3, -0.25) is 29.6 Å². The average molecular weight is 517 g/mol. The maximum absolute atomic E-state index is 12.9. The van der Waals surface area contributed by atoms with Crippen LogP contribution in [0.4, 0.5) is 0 Å². The zero-order valence-corrected chi connectivity index (χ0v) is 21.0. The molecule has 38 heavy (non-hydrogen) atoms. The number of hydrogen-bond acceptors (Lipinski definition) is 8. The van der Waals surface area contributed by atoms with Crippen molar-refractivity contribution in [3.63, 3.8) is 0 Å². The largest absolute Gasteiger partial charge is 0.495 e. The van der Waals surface area contributed by atoms with E-state index in [2.05, 4.69) is 20.3 Å². The maximum atomic E-state index is 12.9. The van der Waals surface area contributed by atoms with E-state index in [4.69, 9.17) is 9.47 Å². The minimum absolute atomic E-state index is 0.0361. The number of amides is 3. The minimum Gasteiger partial charge on any atom is -0.495 e. The number of benzene rings is 1. The number of likely N-dealkylation sites (tertiary alicyclic amines) is 1. The minimum atomic E-state index is -0.620. The number of aromatic nitrogens is 3. The molecule has 3 aliphatic rings. The number of piperidine rings is 1. The molecule has 11 heteroatoms. The quantitative estimate of drug-likeness (QED) is 0.472. The molecule has 2 aromatic heterocycles. The van der Waals surface area contributed by atoms with Crippen LogP contribution in [0.1, 0.15) is 40.7 Å². The zero-order valence-electron chi connectivity index (χ0n) is 21.0. The molecular weight excluding hydrogens is 488 g/mol. The SMILES string of the molecule is COc1cncc(-n2cc(CN3CC[C@H](Oc4ccc5c(c4)CN(C4CCC(=O)NC4=O)C5=O)C3)cn2)c1. The van der Waals surface area contributed by atoms with Crippen LogP contribution in [0, 0.1) is 0 Å². The van der Waals surface area contributed by atoms with Crippen molar-refractivity contribution in [2.24, 2.45) is 0 Å². The Bertz CT molecular complexity index is 1400. The van der Waals surface area contributed by atoms with Crippen LogP contribution in [0.15, 0.2) is 49.1 Å². The Labute approximate surface area is 219 Å². The Balaban J connectivity index is 1.05. The van der Waals surface area contributed by atoms with E-state index in [1.165, 1.54) is 0 Å². The third kappa shape index (κ3) is 4.72. The summed E-state index contributed by atoms with van der Waals surface area (Å²) < 4.78 is 13.3. The number of carbonyl (C=O) groups is 3.